The van der Waals surface area contributed by atoms with Crippen LogP contribution in [0.1, 0.15) is 213 Å². The maximum Gasteiger partial charge on any atom is 0.472 e. The minimum Gasteiger partial charge on any atom is -0.457 e. The van der Waals surface area contributed by atoms with Crippen LogP contribution in [0.4, 0.5) is 0 Å². The fraction of sp³-hybridized carbons (Fsp3) is 0.812. The van der Waals surface area contributed by atoms with Crippen LogP contribution in [0, 0.1) is 0 Å². The third-order valence-electron chi connectivity index (χ3n) is 10.0. The second-order valence-electron chi connectivity index (χ2n) is 15.6. The molecule has 0 aromatic carbocycles. The number of nitrogens with two attached hydrogens (primary N) is 1. The number of allylic oxidation sites excluding steroid dienone is 8. The summed E-state index contributed by atoms with van der Waals surface area (Å²) >= 11 is 0. The molecule has 57 heavy (non-hydrogen) atoms. The zero-order valence-electron chi connectivity index (χ0n) is 37.1. The van der Waals surface area contributed by atoms with Crippen molar-refractivity contribution in [2.24, 2.45) is 5.73 Å². The SMILES string of the molecule is CC/C=C\C/C=C\C/C=C\C/C=C\CCCCCCCCCCCOCC(COP(=O)(O)OCCN)OC(=O)CCCCCCCCCCCCCCCCCC. The molecule has 9 heteroatoms. The predicted octanol–water partition coefficient (Wildman–Crippen LogP) is 14.4. The molecule has 0 rings (SSSR count). The van der Waals surface area contributed by atoms with Gasteiger partial charge in [0, 0.05) is 19.6 Å². The number of carbonyl (C=O) groups excluding carboxylic acids is 1. The molecule has 0 aromatic rings. The van der Waals surface area contributed by atoms with E-state index in [-0.39, 0.29) is 32.3 Å². The number of hydrogen-bond acceptors (Lipinski definition) is 7. The van der Waals surface area contributed by atoms with Crippen LogP contribution in [-0.4, -0.2) is 49.9 Å². The molecule has 0 aliphatic heterocycles. The third kappa shape index (κ3) is 45.4. The molecule has 8 nitrogen and oxygen atoms in total. The Morgan fingerprint density at radius 3 is 1.47 bits per heavy atom. The predicted molar refractivity (Wildman–Crippen MR) is 243 cm³/mol. The van der Waals surface area contributed by atoms with E-state index in [1.54, 1.807) is 0 Å². The number of unbranched alkanes of at least 4 members (excludes halogenated alkanes) is 24. The largest absolute Gasteiger partial charge is 0.472 e. The van der Waals surface area contributed by atoms with E-state index in [0.29, 0.717) is 13.0 Å². The average molecular weight is 824 g/mol. The maximum absolute atomic E-state index is 12.6. The lowest BCUT2D eigenvalue weighted by molar-refractivity contribution is -0.154. The van der Waals surface area contributed by atoms with Crippen molar-refractivity contribution in [2.75, 3.05) is 33.0 Å². The summed E-state index contributed by atoms with van der Waals surface area (Å²) in [6.45, 7) is 4.82. The molecule has 0 radical (unpaired) electrons. The van der Waals surface area contributed by atoms with Crippen LogP contribution in [0.5, 0.6) is 0 Å². The fourth-order valence-electron chi connectivity index (χ4n) is 6.58. The fourth-order valence-corrected chi connectivity index (χ4v) is 7.34. The minimum absolute atomic E-state index is 0.0966. The second kappa shape index (κ2) is 45.5. The van der Waals surface area contributed by atoms with E-state index in [2.05, 4.69) is 62.5 Å². The Morgan fingerprint density at radius 1 is 0.544 bits per heavy atom. The Labute approximate surface area is 351 Å². The van der Waals surface area contributed by atoms with Crippen LogP contribution in [0.3, 0.4) is 0 Å². The van der Waals surface area contributed by atoms with Crippen LogP contribution >= 0.6 is 7.82 Å². The van der Waals surface area contributed by atoms with E-state index in [0.717, 1.165) is 57.8 Å². The van der Waals surface area contributed by atoms with Crippen molar-refractivity contribution in [2.45, 2.75) is 219 Å². The van der Waals surface area contributed by atoms with Crippen LogP contribution in [0.15, 0.2) is 48.6 Å². The van der Waals surface area contributed by atoms with Crippen molar-refractivity contribution in [3.63, 3.8) is 0 Å². The van der Waals surface area contributed by atoms with Gasteiger partial charge in [0.2, 0.25) is 0 Å². The molecule has 3 N–H and O–H groups in total. The summed E-state index contributed by atoms with van der Waals surface area (Å²) in [6, 6.07) is 0. The van der Waals surface area contributed by atoms with Gasteiger partial charge in [-0.25, -0.2) is 4.57 Å². The van der Waals surface area contributed by atoms with E-state index in [1.807, 2.05) is 0 Å². The molecule has 0 fully saturated rings. The molecular formula is C48H90NO7P. The first-order valence-corrected chi connectivity index (χ1v) is 25.1. The lowest BCUT2D eigenvalue weighted by Gasteiger charge is -2.20. The number of phosphoric acid groups is 1. The van der Waals surface area contributed by atoms with Gasteiger partial charge >= 0.3 is 13.8 Å². The Hall–Kier alpha value is -1.54. The van der Waals surface area contributed by atoms with E-state index >= 15 is 0 Å². The van der Waals surface area contributed by atoms with Gasteiger partial charge in [-0.15, -0.1) is 0 Å². The summed E-state index contributed by atoms with van der Waals surface area (Å²) < 4.78 is 33.5. The summed E-state index contributed by atoms with van der Waals surface area (Å²) in [6.07, 6.45) is 54.2. The van der Waals surface area contributed by atoms with Crippen molar-refractivity contribution in [3.05, 3.63) is 48.6 Å². The molecule has 2 unspecified atom stereocenters. The highest BCUT2D eigenvalue weighted by molar-refractivity contribution is 7.47. The van der Waals surface area contributed by atoms with Crippen molar-refractivity contribution in [1.82, 2.24) is 0 Å². The molecule has 0 heterocycles. The Morgan fingerprint density at radius 2 is 0.982 bits per heavy atom. The standard InChI is InChI=1S/C48H90NO7P/c1-3-5-7-9-11-13-15-17-19-21-22-23-24-25-26-28-30-32-34-36-38-40-43-53-45-47(46-55-57(51,52)54-44-42-49)56-48(50)41-39-37-35-33-31-29-27-20-18-16-14-12-10-8-6-4-2/h5,7,11,13,17,19,22-23,47H,3-4,6,8-10,12,14-16,18,20-21,24-46,49H2,1-2H3,(H,51,52)/b7-5-,13-11-,19-17-,23-22-. The van der Waals surface area contributed by atoms with E-state index in [9.17, 15) is 14.3 Å². The molecule has 0 aromatic heterocycles. The summed E-state index contributed by atoms with van der Waals surface area (Å²) in [7, 11) is -4.28. The van der Waals surface area contributed by atoms with Gasteiger partial charge in [0.1, 0.15) is 6.10 Å². The Balaban J connectivity index is 3.97. The van der Waals surface area contributed by atoms with Gasteiger partial charge in [-0.1, -0.05) is 204 Å². The topological polar surface area (TPSA) is 117 Å². The monoisotopic (exact) mass is 824 g/mol. The number of carbonyl (C=O) groups is 1. The van der Waals surface area contributed by atoms with Gasteiger partial charge < -0.3 is 20.1 Å². The normalized spacial score (nSPS) is 13.8. The maximum atomic E-state index is 12.6. The smallest absolute Gasteiger partial charge is 0.457 e. The first-order valence-electron chi connectivity index (χ1n) is 23.6. The van der Waals surface area contributed by atoms with Crippen LogP contribution in [0.25, 0.3) is 0 Å². The van der Waals surface area contributed by atoms with Crippen molar-refractivity contribution >= 4 is 13.8 Å². The van der Waals surface area contributed by atoms with Crippen LogP contribution in [-0.2, 0) is 27.9 Å². The zero-order chi connectivity index (χ0) is 41.6. The molecule has 0 saturated heterocycles. The lowest BCUT2D eigenvalue weighted by atomic mass is 10.0. The van der Waals surface area contributed by atoms with Crippen molar-refractivity contribution < 1.29 is 32.8 Å². The van der Waals surface area contributed by atoms with Crippen LogP contribution in [0.2, 0.25) is 0 Å². The zero-order valence-corrected chi connectivity index (χ0v) is 38.0. The van der Waals surface area contributed by atoms with E-state index in [1.165, 1.54) is 135 Å². The molecule has 0 aliphatic carbocycles. The number of ether oxygens (including phenoxy) is 2. The Bertz CT molecular complexity index is 1010. The number of hydrogen-bond donors (Lipinski definition) is 2. The van der Waals surface area contributed by atoms with Gasteiger partial charge in [-0.05, 0) is 51.4 Å². The van der Waals surface area contributed by atoms with E-state index in [4.69, 9.17) is 24.3 Å². The molecule has 2 atom stereocenters. The summed E-state index contributed by atoms with van der Waals surface area (Å²) in [5.41, 5.74) is 5.38. The number of phosphoric ester groups is 1. The van der Waals surface area contributed by atoms with E-state index < -0.39 is 13.9 Å². The first-order chi connectivity index (χ1) is 27.9. The van der Waals surface area contributed by atoms with Crippen LogP contribution < -0.4 is 5.73 Å². The van der Waals surface area contributed by atoms with Gasteiger partial charge in [0.15, 0.2) is 0 Å². The number of esters is 1. The molecule has 0 amide bonds. The highest BCUT2D eigenvalue weighted by atomic mass is 31.2. The Kier molecular flexibility index (Phi) is 44.3. The lowest BCUT2D eigenvalue weighted by Crippen LogP contribution is -2.28. The minimum atomic E-state index is -4.28. The molecule has 0 spiro atoms. The number of rotatable bonds is 45. The summed E-state index contributed by atoms with van der Waals surface area (Å²) in [4.78, 5) is 22.5. The highest BCUT2D eigenvalue weighted by Gasteiger charge is 2.25. The van der Waals surface area contributed by atoms with Gasteiger partial charge in [-0.2, -0.15) is 0 Å². The third-order valence-corrected chi connectivity index (χ3v) is 11.0. The molecular weight excluding hydrogens is 734 g/mol. The second-order valence-corrected chi connectivity index (χ2v) is 17.1. The highest BCUT2D eigenvalue weighted by Crippen LogP contribution is 2.43. The first kappa shape index (κ1) is 55.5. The van der Waals surface area contributed by atoms with Gasteiger partial charge in [0.25, 0.3) is 0 Å². The summed E-state index contributed by atoms with van der Waals surface area (Å²) in [5, 5.41) is 0. The van der Waals surface area contributed by atoms with Crippen molar-refractivity contribution in [1.29, 1.82) is 0 Å². The molecule has 0 saturated carbocycles. The van der Waals surface area contributed by atoms with Crippen molar-refractivity contribution in [3.8, 4) is 0 Å². The molecule has 334 valence electrons. The van der Waals surface area contributed by atoms with Gasteiger partial charge in [-0.3, -0.25) is 13.8 Å². The quantitative estimate of drug-likeness (QED) is 0.0270. The average Bonchev–Trinajstić information content (AvgIpc) is 3.20. The molecule has 0 bridgehead atoms. The van der Waals surface area contributed by atoms with Gasteiger partial charge in [0.05, 0.1) is 19.8 Å². The molecule has 0 aliphatic rings. The summed E-state index contributed by atoms with van der Waals surface area (Å²) in [5.74, 6) is -0.331.